The molecule has 29 heteroatoms. The number of carboxylic acids is 2. The fourth-order valence-corrected chi connectivity index (χ4v) is 15.9. The van der Waals surface area contributed by atoms with Crippen molar-refractivity contribution in [3.05, 3.63) is 115 Å². The highest BCUT2D eigenvalue weighted by molar-refractivity contribution is 6.26. The van der Waals surface area contributed by atoms with Gasteiger partial charge in [0.15, 0.2) is 46.3 Å². The number of nitrogens with one attached hydrogen (secondary N) is 5. The van der Waals surface area contributed by atoms with Gasteiger partial charge in [-0.2, -0.15) is 0 Å². The molecule has 0 bridgehead atoms. The van der Waals surface area contributed by atoms with Crippen LogP contribution in [0.4, 0.5) is 14.4 Å². The van der Waals surface area contributed by atoms with Crippen molar-refractivity contribution in [3.63, 3.8) is 0 Å². The van der Waals surface area contributed by atoms with Crippen molar-refractivity contribution in [1.82, 2.24) is 36.4 Å². The van der Waals surface area contributed by atoms with E-state index in [1.807, 2.05) is 71.9 Å². The zero-order valence-corrected chi connectivity index (χ0v) is 83.3. The molecule has 131 heavy (non-hydrogen) atoms. The van der Waals surface area contributed by atoms with Gasteiger partial charge in [0.2, 0.25) is 17.7 Å². The lowest BCUT2D eigenvalue weighted by Gasteiger charge is -2.28. The van der Waals surface area contributed by atoms with Crippen molar-refractivity contribution in [2.24, 2.45) is 29.4 Å². The number of hydrogen-bond donors (Lipinski definition) is 8. The highest BCUT2D eigenvalue weighted by atomic mass is 16.6. The number of hydrogen-bond acceptors (Lipinski definition) is 21. The molecule has 3 aliphatic carbocycles. The van der Waals surface area contributed by atoms with Crippen LogP contribution in [0.5, 0.6) is 0 Å². The number of ether oxygens (including phenoxy) is 3. The van der Waals surface area contributed by atoms with Crippen molar-refractivity contribution in [2.75, 3.05) is 19.6 Å². The summed E-state index contributed by atoms with van der Waals surface area (Å²) in [6.45, 7) is 48.6. The molecule has 730 valence electrons. The summed E-state index contributed by atoms with van der Waals surface area (Å²) in [7, 11) is 0. The van der Waals surface area contributed by atoms with Gasteiger partial charge < -0.3 is 56.7 Å². The number of likely N-dealkylation sites (tertiary alicyclic amines) is 2. The van der Waals surface area contributed by atoms with Crippen molar-refractivity contribution in [3.8, 4) is 0 Å². The Morgan fingerprint density at radius 3 is 1.20 bits per heavy atom. The number of rotatable bonds is 36. The minimum Gasteiger partial charge on any atom is -0.481 e. The van der Waals surface area contributed by atoms with Crippen LogP contribution in [-0.4, -0.2) is 199 Å². The summed E-state index contributed by atoms with van der Waals surface area (Å²) in [6, 6.07) is 7.31. The van der Waals surface area contributed by atoms with Crippen molar-refractivity contribution < 1.29 is 101 Å². The third-order valence-corrected chi connectivity index (χ3v) is 23.3. The topological polar surface area (TPSA) is 434 Å². The van der Waals surface area contributed by atoms with E-state index < -0.39 is 77.0 Å². The molecular formula is C102H156N8O21. The third kappa shape index (κ3) is 39.3. The minimum atomic E-state index is -0.960. The molecule has 1 unspecified atom stereocenters. The molecule has 3 saturated heterocycles. The Labute approximate surface area is 778 Å². The number of carbonyl (C=O) groups excluding carboxylic acids is 14. The summed E-state index contributed by atoms with van der Waals surface area (Å²) in [4.78, 5) is 199. The molecule has 9 N–H and O–H groups in total. The molecule has 3 fully saturated rings. The third-order valence-electron chi connectivity index (χ3n) is 23.3. The van der Waals surface area contributed by atoms with Gasteiger partial charge in [-0.05, 0) is 293 Å². The average Bonchev–Trinajstić information content (AvgIpc) is 1.74. The number of aliphatic carboxylic acids is 2. The predicted octanol–water partition coefficient (Wildman–Crippen LogP) is 16.2. The van der Waals surface area contributed by atoms with Gasteiger partial charge in [0, 0.05) is 123 Å². The molecule has 0 saturated carbocycles. The number of ketones is 8. The molecule has 29 nitrogen and oxygen atoms in total. The van der Waals surface area contributed by atoms with Crippen LogP contribution in [0.3, 0.4) is 0 Å². The van der Waals surface area contributed by atoms with Crippen LogP contribution in [0.1, 0.15) is 320 Å². The Morgan fingerprint density at radius 1 is 0.458 bits per heavy atom. The maximum absolute atomic E-state index is 13.3. The largest absolute Gasteiger partial charge is 0.481 e. The number of nitrogens with two attached hydrogens (primary N) is 1. The number of carbonyl (C=O) groups is 16. The van der Waals surface area contributed by atoms with E-state index in [0.717, 1.165) is 50.6 Å². The Kier molecular flexibility index (Phi) is 47.5. The van der Waals surface area contributed by atoms with Crippen LogP contribution in [0.2, 0.25) is 0 Å². The second kappa shape index (κ2) is 54.1. The second-order valence-electron chi connectivity index (χ2n) is 39.7. The minimum absolute atomic E-state index is 0.0244. The Hall–Kier alpha value is -10.2. The van der Waals surface area contributed by atoms with Crippen LogP contribution < -0.4 is 32.3 Å². The monoisotopic (exact) mass is 1830 g/mol. The number of allylic oxidation sites excluding steroid dienone is 12. The first-order valence-corrected chi connectivity index (χ1v) is 46.8. The van der Waals surface area contributed by atoms with E-state index in [0.29, 0.717) is 176 Å². The van der Waals surface area contributed by atoms with Crippen LogP contribution >= 0.6 is 0 Å². The average molecular weight is 1830 g/mol. The lowest BCUT2D eigenvalue weighted by molar-refractivity contribution is -0.142. The van der Waals surface area contributed by atoms with E-state index in [2.05, 4.69) is 40.4 Å². The van der Waals surface area contributed by atoms with E-state index in [-0.39, 0.29) is 113 Å². The van der Waals surface area contributed by atoms with E-state index in [1.54, 1.807) is 137 Å². The van der Waals surface area contributed by atoms with E-state index >= 15 is 0 Å². The molecule has 6 amide bonds. The quantitative estimate of drug-likeness (QED) is 0.0134. The highest BCUT2D eigenvalue weighted by Gasteiger charge is 2.41. The summed E-state index contributed by atoms with van der Waals surface area (Å²) in [5.74, 6) is -3.77. The van der Waals surface area contributed by atoms with Crippen molar-refractivity contribution in [1.29, 1.82) is 0 Å². The number of carboxylic acid groups (broad SMARTS) is 2. The first kappa shape index (κ1) is 115. The van der Waals surface area contributed by atoms with Gasteiger partial charge in [0.1, 0.15) is 22.8 Å². The lowest BCUT2D eigenvalue weighted by Crippen LogP contribution is -2.45. The summed E-state index contributed by atoms with van der Waals surface area (Å²) in [5, 5.41) is 33.0. The van der Waals surface area contributed by atoms with Crippen LogP contribution in [0.15, 0.2) is 109 Å². The summed E-state index contributed by atoms with van der Waals surface area (Å²) < 4.78 is 15.9. The zero-order chi connectivity index (χ0) is 99.6. The fourth-order valence-electron chi connectivity index (χ4n) is 15.9. The molecule has 0 spiro atoms. The molecule has 6 aliphatic rings. The Balaban J connectivity index is 0.000000433. The van der Waals surface area contributed by atoms with Gasteiger partial charge in [0.25, 0.3) is 0 Å². The Morgan fingerprint density at radius 2 is 0.832 bits per heavy atom. The van der Waals surface area contributed by atoms with Gasteiger partial charge in [0.05, 0.1) is 30.1 Å². The molecule has 1 aromatic carbocycles. The van der Waals surface area contributed by atoms with Gasteiger partial charge in [-0.15, -0.1) is 0 Å². The van der Waals surface area contributed by atoms with Crippen molar-refractivity contribution in [2.45, 2.75) is 386 Å². The first-order chi connectivity index (χ1) is 60.8. The number of alkyl carbamates (subject to hydrolysis) is 1. The summed E-state index contributed by atoms with van der Waals surface area (Å²) >= 11 is 0. The van der Waals surface area contributed by atoms with Crippen molar-refractivity contribution >= 4 is 94.2 Å². The Bertz CT molecular complexity index is 4470. The normalized spacial score (nSPS) is 18.6. The molecule has 7 rings (SSSR count). The molecule has 8 atom stereocenters. The molecule has 3 aliphatic heterocycles. The first-order valence-electron chi connectivity index (χ1n) is 46.8. The standard InChI is InChI=1S/C29H44N2O6.C24H36N2O4.C21H31NO4.C18H28N2O3.C10H17NO4/c1-17(2)30-27(35)21(12-9-10-13-22-20(5)25(33)18(3)19(4)26(22)34)16-24(32)23-14-11-15-31(23)28(36)37-29(6,7)8;1-14(2)26-24(30)18(13-21(27)20-11-8-12-25-20)9-6-7-10-19-17(5)22(28)15(3)16(4)23(19)29;1-15(2)13-18(22-20(25)26-21(3,4)5)12-11-17(19(23)24)14-16-9-7-6-8-10-16;1-10(2)20-18(23)15(19)9-7-6-8-14-13(5)16(21)11(3)12(4)17(14)22;1-10(2,3)15-9(14)11-6-4-5-7(11)8(12)13/h17,21,23H,9-16H2,1-8H3,(H,30,35);14,18,20,25H,6-13H2,1-5H3,(H,26,30);6-12,15,17-18H,13-14H2,1-5H3,(H,22,25)(H,23,24);10,15H,6-9,19H2,1-5H3,(H,20,23);7H,4-6H2,1-3H3,(H,12,13)/b;;12-11+;;/t21-,23+;18-,20+;17-,18-;15-;/m1110./s1. The van der Waals surface area contributed by atoms with Crippen LogP contribution in [0.25, 0.3) is 0 Å². The van der Waals surface area contributed by atoms with Gasteiger partial charge in [-0.3, -0.25) is 67.3 Å². The number of benzene rings is 1. The summed E-state index contributed by atoms with van der Waals surface area (Å²) in [6.07, 6.45) is 15.0. The highest BCUT2D eigenvalue weighted by Crippen LogP contribution is 2.34. The van der Waals surface area contributed by atoms with E-state index in [4.69, 9.17) is 25.1 Å². The molecule has 3 heterocycles. The van der Waals surface area contributed by atoms with Gasteiger partial charge in [-0.1, -0.05) is 75.6 Å². The van der Waals surface area contributed by atoms with Gasteiger partial charge >= 0.3 is 30.2 Å². The van der Waals surface area contributed by atoms with E-state index in [1.165, 1.54) is 9.80 Å². The van der Waals surface area contributed by atoms with E-state index in [9.17, 15) is 81.8 Å². The fraction of sp³-hybridized carbons (Fsp3) is 0.647. The molecule has 0 aromatic heterocycles. The second-order valence-corrected chi connectivity index (χ2v) is 39.7. The zero-order valence-electron chi connectivity index (χ0n) is 83.3. The number of Topliss-reactive ketones (excluding diaryl/α,β-unsaturated/α-hetero) is 8. The lowest BCUT2D eigenvalue weighted by atomic mass is 9.83. The predicted molar refractivity (Wildman–Crippen MR) is 506 cm³/mol. The SMILES string of the molecule is CC(C)(C)OC(=O)N1CCCC1C(=O)O.CC(C)C[C@@H](/C=C/[C@H](Cc1ccccc1)C(=O)O)NC(=O)OC(C)(C)C.CC1=C(C)C(=O)C(CCCC[C@H](CC(=O)[C@@H]2CCCN2)C(=O)NC(C)C)=C(C)C1=O.CC1=C(C)C(=O)C(CCCC[C@H](CC(=O)[C@@H]2CCCN2C(=O)OC(C)(C)C)C(=O)NC(C)C)=C(C)C1=O.CC1=C(C)C(=O)C(CCCC[C@H](N)C(=O)NC(C)C)=C(C)C1=O. The molecule has 0 radical (unpaired) electrons. The number of unbranched alkanes of at least 4 members (excludes halogenated alkanes) is 3. The molecular weight excluding hydrogens is 1670 g/mol. The molecule has 1 aromatic rings. The maximum atomic E-state index is 13.3. The number of nitrogens with zero attached hydrogens (tertiary/aromatic N) is 2. The smallest absolute Gasteiger partial charge is 0.411 e. The maximum Gasteiger partial charge on any atom is 0.411 e. The summed E-state index contributed by atoms with van der Waals surface area (Å²) in [5.41, 5.74) is 11.5. The van der Waals surface area contributed by atoms with Gasteiger partial charge in [-0.25, -0.2) is 19.2 Å². The van der Waals surface area contributed by atoms with Crippen LogP contribution in [-0.2, 0) is 83.0 Å². The van der Waals surface area contributed by atoms with Crippen LogP contribution in [0, 0.1) is 23.7 Å². The number of amides is 6.